The third kappa shape index (κ3) is 47.4. The number of nitrogens with one attached hydrogen (secondary N) is 1. The van der Waals surface area contributed by atoms with Crippen LogP contribution in [-0.4, -0.2) is 95.4 Å². The first-order chi connectivity index (χ1) is 38.5. The lowest BCUT2D eigenvalue weighted by Gasteiger charge is -2.41. The highest BCUT2D eigenvalue weighted by Gasteiger charge is 2.48. The Labute approximate surface area is 485 Å². The zero-order valence-corrected chi connectivity index (χ0v) is 51.8. The number of hydrogen-bond acceptors (Lipinski definition) is 10. The van der Waals surface area contributed by atoms with Crippen LogP contribution in [-0.2, 0) is 28.9 Å². The number of rotatable bonds is 59. The summed E-state index contributed by atoms with van der Waals surface area (Å²) in [6.45, 7) is 3.44. The van der Waals surface area contributed by atoms with Crippen molar-refractivity contribution in [3.63, 3.8) is 0 Å². The van der Waals surface area contributed by atoms with E-state index in [9.17, 15) is 38.2 Å². The van der Waals surface area contributed by atoms with Crippen LogP contribution in [0.25, 0.3) is 0 Å². The number of amides is 1. The van der Waals surface area contributed by atoms with Crippen LogP contribution in [0.15, 0.2) is 36.5 Å². The number of aliphatic hydroxyl groups excluding tert-OH is 4. The third-order valence-electron chi connectivity index (χ3n) is 15.9. The Morgan fingerprint density at radius 3 is 1.20 bits per heavy atom. The van der Waals surface area contributed by atoms with Gasteiger partial charge in [-0.3, -0.25) is 9.35 Å². The summed E-state index contributed by atoms with van der Waals surface area (Å²) < 4.78 is 47.9. The number of aliphatic hydroxyl groups is 4. The largest absolute Gasteiger partial charge is 0.397 e. The Kier molecular flexibility index (Phi) is 52.9. The standard InChI is InChI=1S/C66H125NO11S/c1-3-5-7-9-11-13-15-17-19-21-22-23-24-25-26-27-28-29-30-31-32-33-34-35-36-37-38-40-42-44-46-48-50-52-54-56-62(70)67-59(58-76-66-64(72)65(78-79(73,74)75)63(71)61(57-68)77-66)60(69)55-53-51-49-47-45-43-41-39-20-18-16-14-12-10-8-6-4-2/h24-25,27-28,53,55,59-61,63-66,68-69,71-72H,3-23,26,29-52,54,56-58H2,1-2H3,(H,67,70)(H,73,74,75)/b25-24-,28-27-,55-53+. The van der Waals surface area contributed by atoms with Gasteiger partial charge in [-0.1, -0.05) is 301 Å². The van der Waals surface area contributed by atoms with E-state index < -0.39 is 59.9 Å². The monoisotopic (exact) mass is 1140 g/mol. The molecule has 7 unspecified atom stereocenters. The molecule has 0 spiro atoms. The Morgan fingerprint density at radius 1 is 0.506 bits per heavy atom. The fraction of sp³-hybridized carbons (Fsp3) is 0.894. The smallest absolute Gasteiger partial charge is 0.394 e. The van der Waals surface area contributed by atoms with Gasteiger partial charge >= 0.3 is 10.4 Å². The highest BCUT2D eigenvalue weighted by molar-refractivity contribution is 7.80. The van der Waals surface area contributed by atoms with E-state index in [1.54, 1.807) is 6.08 Å². The molecule has 0 saturated carbocycles. The molecule has 7 atom stereocenters. The summed E-state index contributed by atoms with van der Waals surface area (Å²) in [5.41, 5.74) is 0. The molecule has 0 bridgehead atoms. The normalized spacial score (nSPS) is 18.9. The number of hydrogen-bond donors (Lipinski definition) is 6. The van der Waals surface area contributed by atoms with Gasteiger partial charge < -0.3 is 35.2 Å². The SMILES string of the molecule is CCCCCCCCCCCCC/C=C\C/C=C\CCCCCCCCCCCCCCCCCCCC(=O)NC(COC1OC(CO)C(O)C(OS(=O)(=O)O)C1O)C(O)/C=C/CCCCCCCCCCCCCCCCC. The van der Waals surface area contributed by atoms with Crippen molar-refractivity contribution >= 4 is 16.3 Å². The predicted octanol–water partition coefficient (Wildman–Crippen LogP) is 16.9. The first-order valence-electron chi connectivity index (χ1n) is 33.4. The summed E-state index contributed by atoms with van der Waals surface area (Å²) >= 11 is 0. The lowest BCUT2D eigenvalue weighted by atomic mass is 9.99. The maximum absolute atomic E-state index is 13.2. The van der Waals surface area contributed by atoms with Gasteiger partial charge in [0, 0.05) is 6.42 Å². The van der Waals surface area contributed by atoms with Crippen molar-refractivity contribution in [1.82, 2.24) is 5.32 Å². The van der Waals surface area contributed by atoms with Crippen LogP contribution in [0, 0.1) is 0 Å². The number of unbranched alkanes of at least 4 members (excludes halogenated alkanes) is 43. The lowest BCUT2D eigenvalue weighted by Crippen LogP contribution is -2.61. The molecule has 0 radical (unpaired) electrons. The van der Waals surface area contributed by atoms with Crippen molar-refractivity contribution in [2.45, 2.75) is 365 Å². The van der Waals surface area contributed by atoms with Gasteiger partial charge in [-0.05, 0) is 51.4 Å². The van der Waals surface area contributed by atoms with Crippen LogP contribution in [0.2, 0.25) is 0 Å². The summed E-state index contributed by atoms with van der Waals surface area (Å²) in [7, 11) is -5.09. The van der Waals surface area contributed by atoms with Crippen LogP contribution in [0.4, 0.5) is 0 Å². The molecule has 1 rings (SSSR count). The Bertz CT molecular complexity index is 1530. The van der Waals surface area contributed by atoms with Crippen molar-refractivity contribution in [3.05, 3.63) is 36.5 Å². The van der Waals surface area contributed by atoms with Crippen molar-refractivity contribution in [2.24, 2.45) is 0 Å². The number of allylic oxidation sites excluding steroid dienone is 5. The number of carbonyl (C=O) groups is 1. The average molecular weight is 1140 g/mol. The predicted molar refractivity (Wildman–Crippen MR) is 328 cm³/mol. The van der Waals surface area contributed by atoms with Gasteiger partial charge in [0.05, 0.1) is 25.4 Å². The van der Waals surface area contributed by atoms with E-state index in [1.807, 2.05) is 6.08 Å². The van der Waals surface area contributed by atoms with Crippen LogP contribution in [0.1, 0.15) is 322 Å². The van der Waals surface area contributed by atoms with Crippen molar-refractivity contribution < 1.29 is 51.8 Å². The van der Waals surface area contributed by atoms with Gasteiger partial charge in [0.15, 0.2) is 6.29 Å². The van der Waals surface area contributed by atoms with Crippen molar-refractivity contribution in [3.8, 4) is 0 Å². The topological polar surface area (TPSA) is 192 Å². The maximum Gasteiger partial charge on any atom is 0.397 e. The second-order valence-electron chi connectivity index (χ2n) is 23.4. The molecule has 1 heterocycles. The minimum Gasteiger partial charge on any atom is -0.394 e. The molecule has 6 N–H and O–H groups in total. The molecule has 1 saturated heterocycles. The van der Waals surface area contributed by atoms with Crippen LogP contribution >= 0.6 is 0 Å². The second-order valence-corrected chi connectivity index (χ2v) is 24.5. The second kappa shape index (κ2) is 55.5. The fourth-order valence-electron chi connectivity index (χ4n) is 10.8. The summed E-state index contributed by atoms with van der Waals surface area (Å²) in [4.78, 5) is 13.2. The van der Waals surface area contributed by atoms with Crippen LogP contribution < -0.4 is 5.32 Å². The number of carbonyl (C=O) groups excluding carboxylic acids is 1. The van der Waals surface area contributed by atoms with Crippen molar-refractivity contribution in [2.75, 3.05) is 13.2 Å². The lowest BCUT2D eigenvalue weighted by molar-refractivity contribution is -0.298. The third-order valence-corrected chi connectivity index (χ3v) is 16.4. The molecule has 79 heavy (non-hydrogen) atoms. The van der Waals surface area contributed by atoms with E-state index in [4.69, 9.17) is 9.47 Å². The zero-order chi connectivity index (χ0) is 57.5. The van der Waals surface area contributed by atoms with Gasteiger partial charge in [-0.2, -0.15) is 8.42 Å². The molecule has 13 heteroatoms. The molecule has 0 aliphatic carbocycles. The molecule has 12 nitrogen and oxygen atoms in total. The van der Waals surface area contributed by atoms with Gasteiger partial charge in [0.2, 0.25) is 5.91 Å². The first-order valence-corrected chi connectivity index (χ1v) is 34.7. The molecule has 0 aromatic heterocycles. The maximum atomic E-state index is 13.2. The molecular weight excluding hydrogens is 1010 g/mol. The molecule has 1 amide bonds. The molecule has 0 aromatic rings. The molecule has 1 aliphatic heterocycles. The quantitative estimate of drug-likeness (QED) is 0.0193. The minimum atomic E-state index is -5.09. The summed E-state index contributed by atoms with van der Waals surface area (Å²) in [5, 5.41) is 45.1. The Hall–Kier alpha value is -1.68. The van der Waals surface area contributed by atoms with Gasteiger partial charge in [-0.25, -0.2) is 4.18 Å². The zero-order valence-electron chi connectivity index (χ0n) is 51.0. The molecule has 1 fully saturated rings. The van der Waals surface area contributed by atoms with Crippen LogP contribution in [0.3, 0.4) is 0 Å². The molecule has 0 aromatic carbocycles. The van der Waals surface area contributed by atoms with Crippen molar-refractivity contribution in [1.29, 1.82) is 0 Å². The van der Waals surface area contributed by atoms with E-state index >= 15 is 0 Å². The van der Waals surface area contributed by atoms with E-state index in [0.717, 1.165) is 44.9 Å². The first kappa shape index (κ1) is 75.3. The highest BCUT2D eigenvalue weighted by atomic mass is 32.3. The van der Waals surface area contributed by atoms with Gasteiger partial charge in [0.1, 0.15) is 24.4 Å². The highest BCUT2D eigenvalue weighted by Crippen LogP contribution is 2.26. The fourth-order valence-corrected chi connectivity index (χ4v) is 11.3. The summed E-state index contributed by atoms with van der Waals surface area (Å²) in [6.07, 6.45) is 63.6. The number of ether oxygens (including phenoxy) is 2. The van der Waals surface area contributed by atoms with Gasteiger partial charge in [-0.15, -0.1) is 0 Å². The van der Waals surface area contributed by atoms with E-state index in [1.165, 1.54) is 250 Å². The Balaban J connectivity index is 2.21. The van der Waals surface area contributed by atoms with E-state index in [2.05, 4.69) is 47.7 Å². The van der Waals surface area contributed by atoms with Crippen LogP contribution in [0.5, 0.6) is 0 Å². The molecule has 1 aliphatic rings. The average Bonchev–Trinajstić information content (AvgIpc) is 3.45. The summed E-state index contributed by atoms with van der Waals surface area (Å²) in [6, 6.07) is -0.944. The Morgan fingerprint density at radius 2 is 0.848 bits per heavy atom. The molecule has 466 valence electrons. The minimum absolute atomic E-state index is 0.258. The van der Waals surface area contributed by atoms with E-state index in [-0.39, 0.29) is 18.9 Å². The summed E-state index contributed by atoms with van der Waals surface area (Å²) in [5.74, 6) is -0.258. The molecular formula is C66H125NO11S. The van der Waals surface area contributed by atoms with Gasteiger partial charge in [0.25, 0.3) is 0 Å². The van der Waals surface area contributed by atoms with E-state index in [0.29, 0.717) is 6.42 Å².